The van der Waals surface area contributed by atoms with Gasteiger partial charge in [0.15, 0.2) is 0 Å². The second-order valence-corrected chi connectivity index (χ2v) is 7.40. The third kappa shape index (κ3) is 4.18. The number of hydrogen-bond acceptors (Lipinski definition) is 4. The van der Waals surface area contributed by atoms with Crippen molar-refractivity contribution in [1.82, 2.24) is 19.8 Å². The van der Waals surface area contributed by atoms with Crippen molar-refractivity contribution in [3.8, 4) is 6.01 Å². The number of piperidine rings is 1. The molecule has 1 saturated heterocycles. The van der Waals surface area contributed by atoms with Crippen LogP contribution in [0.1, 0.15) is 26.7 Å². The first-order valence-electron chi connectivity index (χ1n) is 9.33. The molecule has 1 aromatic carbocycles. The quantitative estimate of drug-likeness (QED) is 0.814. The van der Waals surface area contributed by atoms with Gasteiger partial charge in [0.2, 0.25) is 5.91 Å². The second kappa shape index (κ2) is 8.04. The molecule has 152 valence electrons. The predicted octanol–water partition coefficient (Wildman–Crippen LogP) is 2.37. The number of amides is 2. The molecule has 2 N–H and O–H groups in total. The van der Waals surface area contributed by atoms with Gasteiger partial charge in [-0.1, -0.05) is 13.8 Å². The van der Waals surface area contributed by atoms with Gasteiger partial charge in [0, 0.05) is 39.0 Å². The maximum Gasteiger partial charge on any atom is 0.405 e. The topological polar surface area (TPSA) is 96.7 Å². The Hall–Kier alpha value is -2.84. The third-order valence-corrected chi connectivity index (χ3v) is 5.04. The summed E-state index contributed by atoms with van der Waals surface area (Å²) in [6, 6.07) is 4.06. The van der Waals surface area contributed by atoms with Crippen LogP contribution in [0.4, 0.5) is 9.18 Å². The van der Waals surface area contributed by atoms with Gasteiger partial charge in [0.25, 0.3) is 6.01 Å². The largest absolute Gasteiger partial charge is 0.465 e. The average Bonchev–Trinajstić information content (AvgIpc) is 2.94. The van der Waals surface area contributed by atoms with Crippen LogP contribution in [0.3, 0.4) is 0 Å². The lowest BCUT2D eigenvalue weighted by molar-refractivity contribution is -0.136. The van der Waals surface area contributed by atoms with Crippen molar-refractivity contribution in [3.63, 3.8) is 0 Å². The molecule has 0 unspecified atom stereocenters. The van der Waals surface area contributed by atoms with Gasteiger partial charge in [-0.3, -0.25) is 9.36 Å². The summed E-state index contributed by atoms with van der Waals surface area (Å²) in [5.41, 5.74) is 1.31. The van der Waals surface area contributed by atoms with Crippen molar-refractivity contribution in [3.05, 3.63) is 24.0 Å². The number of benzene rings is 1. The van der Waals surface area contributed by atoms with Gasteiger partial charge in [-0.25, -0.2) is 9.18 Å². The molecule has 0 bridgehead atoms. The molecule has 2 heterocycles. The summed E-state index contributed by atoms with van der Waals surface area (Å²) in [4.78, 5) is 29.6. The molecule has 0 spiro atoms. The number of likely N-dealkylation sites (tertiary alicyclic amines) is 1. The van der Waals surface area contributed by atoms with Crippen LogP contribution in [0.25, 0.3) is 11.0 Å². The molecule has 1 fully saturated rings. The summed E-state index contributed by atoms with van der Waals surface area (Å²) in [5.74, 6) is -0.703. The highest BCUT2D eigenvalue weighted by Crippen LogP contribution is 2.24. The molecule has 0 saturated carbocycles. The number of rotatable bonds is 5. The zero-order chi connectivity index (χ0) is 20.4. The smallest absolute Gasteiger partial charge is 0.405 e. The van der Waals surface area contributed by atoms with Crippen molar-refractivity contribution in [2.45, 2.75) is 38.8 Å². The number of aryl methyl sites for hydroxylation is 1. The SMILES string of the molecule is CC(C)[C@H](NC(=O)O)C(=O)N1CCC(Oc2nc3cc(F)ccc3n2C)CC1. The molecule has 1 aliphatic rings. The number of imidazole rings is 1. The lowest BCUT2D eigenvalue weighted by Gasteiger charge is -2.34. The zero-order valence-electron chi connectivity index (χ0n) is 16.2. The van der Waals surface area contributed by atoms with Crippen LogP contribution >= 0.6 is 0 Å². The fourth-order valence-corrected chi connectivity index (χ4v) is 3.44. The van der Waals surface area contributed by atoms with Crippen LogP contribution < -0.4 is 10.1 Å². The zero-order valence-corrected chi connectivity index (χ0v) is 16.2. The Morgan fingerprint density at radius 1 is 1.32 bits per heavy atom. The number of fused-ring (bicyclic) bond motifs is 1. The molecular weight excluding hydrogens is 367 g/mol. The highest BCUT2D eigenvalue weighted by molar-refractivity contribution is 5.85. The van der Waals surface area contributed by atoms with Crippen molar-refractivity contribution in [2.24, 2.45) is 13.0 Å². The van der Waals surface area contributed by atoms with E-state index in [9.17, 15) is 14.0 Å². The molecule has 0 radical (unpaired) electrons. The van der Waals surface area contributed by atoms with E-state index < -0.39 is 12.1 Å². The molecule has 8 nitrogen and oxygen atoms in total. The van der Waals surface area contributed by atoms with E-state index in [0.717, 1.165) is 5.52 Å². The van der Waals surface area contributed by atoms with Gasteiger partial charge in [-0.2, -0.15) is 4.98 Å². The maximum absolute atomic E-state index is 13.4. The monoisotopic (exact) mass is 392 g/mol. The Balaban J connectivity index is 1.62. The summed E-state index contributed by atoms with van der Waals surface area (Å²) >= 11 is 0. The molecule has 1 aliphatic heterocycles. The van der Waals surface area contributed by atoms with E-state index in [1.165, 1.54) is 12.1 Å². The number of carboxylic acid groups (broad SMARTS) is 1. The van der Waals surface area contributed by atoms with E-state index in [-0.39, 0.29) is 23.7 Å². The van der Waals surface area contributed by atoms with Crippen molar-refractivity contribution >= 4 is 23.0 Å². The van der Waals surface area contributed by atoms with Gasteiger partial charge < -0.3 is 20.1 Å². The average molecular weight is 392 g/mol. The molecule has 1 aromatic heterocycles. The normalized spacial score (nSPS) is 16.4. The second-order valence-electron chi connectivity index (χ2n) is 7.40. The fraction of sp³-hybridized carbons (Fsp3) is 0.526. The number of ether oxygens (including phenoxy) is 1. The molecule has 2 amide bonds. The summed E-state index contributed by atoms with van der Waals surface area (Å²) in [7, 11) is 1.81. The number of hydrogen-bond donors (Lipinski definition) is 2. The highest BCUT2D eigenvalue weighted by atomic mass is 19.1. The first-order valence-corrected chi connectivity index (χ1v) is 9.33. The van der Waals surface area contributed by atoms with E-state index >= 15 is 0 Å². The molecule has 9 heteroatoms. The predicted molar refractivity (Wildman–Crippen MR) is 101 cm³/mol. The van der Waals surface area contributed by atoms with Gasteiger partial charge in [0.05, 0.1) is 11.0 Å². The fourth-order valence-electron chi connectivity index (χ4n) is 3.44. The van der Waals surface area contributed by atoms with Crippen LogP contribution in [-0.2, 0) is 11.8 Å². The van der Waals surface area contributed by atoms with Crippen molar-refractivity contribution in [1.29, 1.82) is 0 Å². The molecule has 3 rings (SSSR count). The Labute approximate surface area is 162 Å². The Bertz CT molecular complexity index is 874. The minimum absolute atomic E-state index is 0.116. The van der Waals surface area contributed by atoms with Gasteiger partial charge in [-0.05, 0) is 18.1 Å². The lowest BCUT2D eigenvalue weighted by atomic mass is 10.0. The first-order chi connectivity index (χ1) is 13.3. The molecule has 2 aromatic rings. The van der Waals surface area contributed by atoms with Crippen LogP contribution in [0.15, 0.2) is 18.2 Å². The van der Waals surface area contributed by atoms with Crippen molar-refractivity contribution in [2.75, 3.05) is 13.1 Å². The molecule has 28 heavy (non-hydrogen) atoms. The van der Waals surface area contributed by atoms with E-state index in [2.05, 4.69) is 10.3 Å². The molecule has 1 atom stereocenters. The maximum atomic E-state index is 13.4. The number of carbonyl (C=O) groups excluding carboxylic acids is 1. The van der Waals surface area contributed by atoms with Gasteiger partial charge in [0.1, 0.15) is 18.0 Å². The summed E-state index contributed by atoms with van der Waals surface area (Å²) in [6.07, 6.45) is -0.0968. The Morgan fingerprint density at radius 2 is 2.00 bits per heavy atom. The van der Waals surface area contributed by atoms with Crippen LogP contribution in [-0.4, -0.2) is 56.8 Å². The molecule has 0 aliphatic carbocycles. The van der Waals surface area contributed by atoms with Crippen molar-refractivity contribution < 1.29 is 23.8 Å². The standard InChI is InChI=1S/C19H25FN4O4/c1-11(2)16(22-19(26)27)17(25)24-8-6-13(7-9-24)28-18-21-14-10-12(20)4-5-15(14)23(18)3/h4-5,10-11,13,16,22H,6-9H2,1-3H3,(H,26,27)/t16-/m0/s1. The molecular formula is C19H25FN4O4. The van der Waals surface area contributed by atoms with Gasteiger partial charge in [-0.15, -0.1) is 0 Å². The number of halogens is 1. The number of nitrogens with zero attached hydrogens (tertiary/aromatic N) is 3. The summed E-state index contributed by atoms with van der Waals surface area (Å²) in [6.45, 7) is 4.57. The Morgan fingerprint density at radius 3 is 2.61 bits per heavy atom. The van der Waals surface area contributed by atoms with Crippen LogP contribution in [0.2, 0.25) is 0 Å². The van der Waals surface area contributed by atoms with Gasteiger partial charge >= 0.3 is 6.09 Å². The minimum Gasteiger partial charge on any atom is -0.465 e. The number of nitrogens with one attached hydrogen (secondary N) is 1. The first kappa shape index (κ1) is 19.9. The highest BCUT2D eigenvalue weighted by Gasteiger charge is 2.32. The van der Waals surface area contributed by atoms with Crippen LogP contribution in [0.5, 0.6) is 6.01 Å². The van der Waals surface area contributed by atoms with E-state index in [0.29, 0.717) is 37.5 Å². The minimum atomic E-state index is -1.21. The van der Waals surface area contributed by atoms with E-state index in [1.807, 2.05) is 20.9 Å². The summed E-state index contributed by atoms with van der Waals surface area (Å²) < 4.78 is 21.2. The number of aromatic nitrogens is 2. The number of carbonyl (C=O) groups is 2. The third-order valence-electron chi connectivity index (χ3n) is 5.04. The Kier molecular flexibility index (Phi) is 5.71. The van der Waals surface area contributed by atoms with E-state index in [4.69, 9.17) is 9.84 Å². The lowest BCUT2D eigenvalue weighted by Crippen LogP contribution is -2.53. The van der Waals surface area contributed by atoms with Crippen LogP contribution in [0, 0.1) is 11.7 Å². The summed E-state index contributed by atoms with van der Waals surface area (Å²) in [5, 5.41) is 11.3. The van der Waals surface area contributed by atoms with E-state index in [1.54, 1.807) is 15.5 Å².